The van der Waals surface area contributed by atoms with Crippen molar-refractivity contribution < 1.29 is 36.3 Å². The molecule has 2 aliphatic heterocycles. The number of nitrogens with one attached hydrogen (secondary N) is 2. The molecule has 2 N–H and O–H groups in total. The lowest BCUT2D eigenvalue weighted by Gasteiger charge is -2.40. The van der Waals surface area contributed by atoms with Gasteiger partial charge in [0.25, 0.3) is 0 Å². The molecule has 1 aromatic rings. The first-order valence-corrected chi connectivity index (χ1v) is 10.1. The molecule has 6 nitrogen and oxygen atoms in total. The lowest BCUT2D eigenvalue weighted by molar-refractivity contribution is -0.289. The Bertz CT molecular complexity index is 956. The van der Waals surface area contributed by atoms with Crippen molar-refractivity contribution in [2.24, 2.45) is 0 Å². The van der Waals surface area contributed by atoms with Gasteiger partial charge in [0.05, 0.1) is 5.70 Å². The molecule has 2 aliphatic rings. The monoisotopic (exact) mass is 461 g/mol. The van der Waals surface area contributed by atoms with Crippen LogP contribution in [0.4, 0.5) is 26.7 Å². The van der Waals surface area contributed by atoms with E-state index in [9.17, 15) is 31.5 Å². The summed E-state index contributed by atoms with van der Waals surface area (Å²) < 4.78 is 73.0. The zero-order chi connectivity index (χ0) is 23.9. The van der Waals surface area contributed by atoms with Crippen molar-refractivity contribution in [2.75, 3.05) is 19.6 Å². The van der Waals surface area contributed by atoms with E-state index in [4.69, 9.17) is 4.74 Å². The summed E-state index contributed by atoms with van der Waals surface area (Å²) in [6.45, 7) is 5.60. The molecule has 0 unspecified atom stereocenters. The van der Waals surface area contributed by atoms with Gasteiger partial charge in [-0.2, -0.15) is 22.0 Å². The molecule has 2 heterocycles. The van der Waals surface area contributed by atoms with E-state index in [0.29, 0.717) is 30.7 Å². The number of ether oxygens (including phenoxy) is 1. The van der Waals surface area contributed by atoms with Gasteiger partial charge in [0, 0.05) is 42.8 Å². The molecule has 176 valence electrons. The number of likely N-dealkylation sites (tertiary alicyclic amines) is 1. The highest BCUT2D eigenvalue weighted by atomic mass is 19.4. The molecule has 11 heteroatoms. The smallest absolute Gasteiger partial charge is 0.458 e. The highest BCUT2D eigenvalue weighted by Crippen LogP contribution is 2.48. The van der Waals surface area contributed by atoms with Gasteiger partial charge in [-0.15, -0.1) is 0 Å². The molecule has 1 fully saturated rings. The molecule has 0 aliphatic carbocycles. The van der Waals surface area contributed by atoms with Gasteiger partial charge in [0.15, 0.2) is 0 Å². The second kappa shape index (κ2) is 8.25. The van der Waals surface area contributed by atoms with Crippen LogP contribution in [0.15, 0.2) is 23.8 Å². The molecule has 3 rings (SSSR count). The topological polar surface area (TPSA) is 70.7 Å². The number of hydrogen-bond donors (Lipinski definition) is 2. The van der Waals surface area contributed by atoms with Gasteiger partial charge in [0.1, 0.15) is 11.4 Å². The fourth-order valence-corrected chi connectivity index (χ4v) is 3.83. The number of rotatable bonds is 5. The lowest BCUT2D eigenvalue weighted by atomic mass is 9.87. The van der Waals surface area contributed by atoms with Gasteiger partial charge in [-0.25, -0.2) is 4.79 Å². The number of nitrogens with zero attached hydrogens (tertiary/aromatic N) is 1. The Balaban J connectivity index is 2.18. The number of fused-ring (bicyclic) bond motifs is 1. The SMILES string of the molecule is CCNC(=O)NCC1=C(N2CCCC2=O)c2cc(C(F)(F)C(F)(F)F)ccc2OC1(C)C. The summed E-state index contributed by atoms with van der Waals surface area (Å²) in [6, 6.07) is 1.95. The Labute approximate surface area is 181 Å². The van der Waals surface area contributed by atoms with E-state index in [-0.39, 0.29) is 42.4 Å². The van der Waals surface area contributed by atoms with Crippen LogP contribution < -0.4 is 15.4 Å². The first-order chi connectivity index (χ1) is 14.8. The van der Waals surface area contributed by atoms with Crippen molar-refractivity contribution in [2.45, 2.75) is 51.3 Å². The van der Waals surface area contributed by atoms with Crippen LogP contribution >= 0.6 is 0 Å². The maximum Gasteiger partial charge on any atom is 0.458 e. The third-order valence-corrected chi connectivity index (χ3v) is 5.44. The zero-order valence-corrected chi connectivity index (χ0v) is 17.8. The highest BCUT2D eigenvalue weighted by molar-refractivity contribution is 5.92. The van der Waals surface area contributed by atoms with Crippen molar-refractivity contribution in [1.29, 1.82) is 0 Å². The van der Waals surface area contributed by atoms with Crippen molar-refractivity contribution >= 4 is 17.6 Å². The Hall–Kier alpha value is -2.85. The third-order valence-electron chi connectivity index (χ3n) is 5.44. The molecule has 0 bridgehead atoms. The number of hydrogen-bond acceptors (Lipinski definition) is 3. The van der Waals surface area contributed by atoms with Crippen LogP contribution in [0.2, 0.25) is 0 Å². The summed E-state index contributed by atoms with van der Waals surface area (Å²) in [5.74, 6) is -5.30. The molecule has 0 atom stereocenters. The minimum Gasteiger partial charge on any atom is -0.483 e. The Morgan fingerprint density at radius 3 is 2.44 bits per heavy atom. The van der Waals surface area contributed by atoms with E-state index in [1.807, 2.05) is 0 Å². The van der Waals surface area contributed by atoms with Crippen LogP contribution in [-0.4, -0.2) is 48.2 Å². The van der Waals surface area contributed by atoms with Gasteiger partial charge >= 0.3 is 18.1 Å². The normalized spacial score (nSPS) is 18.4. The average Bonchev–Trinajstić information content (AvgIpc) is 3.09. The summed E-state index contributed by atoms with van der Waals surface area (Å²) in [7, 11) is 0. The minimum absolute atomic E-state index is 0.0475. The van der Waals surface area contributed by atoms with E-state index < -0.39 is 29.3 Å². The maximum absolute atomic E-state index is 14.1. The number of benzene rings is 1. The summed E-state index contributed by atoms with van der Waals surface area (Å²) in [5, 5.41) is 5.18. The second-order valence-electron chi connectivity index (χ2n) is 8.08. The Morgan fingerprint density at radius 1 is 1.19 bits per heavy atom. The molecule has 0 aromatic heterocycles. The maximum atomic E-state index is 14.1. The second-order valence-corrected chi connectivity index (χ2v) is 8.08. The third kappa shape index (κ3) is 4.24. The van der Waals surface area contributed by atoms with Crippen molar-refractivity contribution in [1.82, 2.24) is 15.5 Å². The molecule has 0 radical (unpaired) electrons. The molecular formula is C21H24F5N3O3. The molecule has 1 saturated heterocycles. The van der Waals surface area contributed by atoms with Gasteiger partial charge in [-0.1, -0.05) is 0 Å². The van der Waals surface area contributed by atoms with Crippen LogP contribution in [0, 0.1) is 0 Å². The molecule has 0 spiro atoms. The molecule has 1 aromatic carbocycles. The van der Waals surface area contributed by atoms with E-state index >= 15 is 0 Å². The summed E-state index contributed by atoms with van der Waals surface area (Å²) in [4.78, 5) is 25.9. The van der Waals surface area contributed by atoms with Crippen molar-refractivity contribution in [3.8, 4) is 5.75 Å². The summed E-state index contributed by atoms with van der Waals surface area (Å²) in [6.07, 6.45) is -5.06. The van der Waals surface area contributed by atoms with Gasteiger partial charge in [-0.3, -0.25) is 4.79 Å². The number of halogens is 5. The molecule has 0 saturated carbocycles. The minimum atomic E-state index is -5.79. The predicted octanol–water partition coefficient (Wildman–Crippen LogP) is 4.16. The first-order valence-electron chi connectivity index (χ1n) is 10.1. The van der Waals surface area contributed by atoms with Crippen molar-refractivity contribution in [3.05, 3.63) is 34.9 Å². The van der Waals surface area contributed by atoms with Crippen LogP contribution in [-0.2, 0) is 10.7 Å². The number of urea groups is 1. The highest BCUT2D eigenvalue weighted by Gasteiger charge is 2.59. The average molecular weight is 461 g/mol. The number of carbonyl (C=O) groups is 2. The number of alkyl halides is 5. The van der Waals surface area contributed by atoms with Crippen LogP contribution in [0.5, 0.6) is 5.75 Å². The van der Waals surface area contributed by atoms with E-state index in [2.05, 4.69) is 10.6 Å². The van der Waals surface area contributed by atoms with Gasteiger partial charge in [0.2, 0.25) is 5.91 Å². The Morgan fingerprint density at radius 2 is 1.88 bits per heavy atom. The van der Waals surface area contributed by atoms with Gasteiger partial charge in [-0.05, 0) is 45.4 Å². The number of carbonyl (C=O) groups excluding carboxylic acids is 2. The summed E-state index contributed by atoms with van der Waals surface area (Å²) >= 11 is 0. The number of amides is 3. The quantitative estimate of drug-likeness (QED) is 0.647. The molecule has 32 heavy (non-hydrogen) atoms. The van der Waals surface area contributed by atoms with E-state index in [1.54, 1.807) is 20.8 Å². The van der Waals surface area contributed by atoms with Crippen LogP contribution in [0.25, 0.3) is 5.70 Å². The van der Waals surface area contributed by atoms with Crippen LogP contribution in [0.3, 0.4) is 0 Å². The van der Waals surface area contributed by atoms with E-state index in [1.165, 1.54) is 4.90 Å². The van der Waals surface area contributed by atoms with Crippen LogP contribution in [0.1, 0.15) is 44.7 Å². The van der Waals surface area contributed by atoms with E-state index in [0.717, 1.165) is 6.07 Å². The first kappa shape index (κ1) is 23.8. The molecule has 3 amide bonds. The largest absolute Gasteiger partial charge is 0.483 e. The van der Waals surface area contributed by atoms with Crippen molar-refractivity contribution in [3.63, 3.8) is 0 Å². The standard InChI is InChI=1S/C21H24F5N3O3/c1-4-27-18(31)28-11-14-17(29-9-5-6-16(29)30)13-10-12(20(22,23)21(24,25)26)7-8-15(13)32-19(14,2)3/h7-8,10H,4-6,9,11H2,1-3H3,(H2,27,28,31). The molecular weight excluding hydrogens is 437 g/mol. The summed E-state index contributed by atoms with van der Waals surface area (Å²) in [5.41, 5.74) is -1.80. The zero-order valence-electron chi connectivity index (χ0n) is 17.8. The van der Waals surface area contributed by atoms with Gasteiger partial charge < -0.3 is 20.3 Å². The predicted molar refractivity (Wildman–Crippen MR) is 106 cm³/mol. The fraction of sp³-hybridized carbons (Fsp3) is 0.524. The fourth-order valence-electron chi connectivity index (χ4n) is 3.83. The lowest BCUT2D eigenvalue weighted by Crippen LogP contribution is -2.45. The Kier molecular flexibility index (Phi) is 6.14.